The summed E-state index contributed by atoms with van der Waals surface area (Å²) in [6.07, 6.45) is 0. The third-order valence-corrected chi connectivity index (χ3v) is 9.40. The van der Waals surface area contributed by atoms with Gasteiger partial charge in [-0.25, -0.2) is 0 Å². The molecule has 0 bridgehead atoms. The fraction of sp³-hybridized carbons (Fsp3) is 0. The van der Waals surface area contributed by atoms with Crippen LogP contribution in [-0.2, 0) is 0 Å². The highest BCUT2D eigenvalue weighted by atomic mass is 16.3. The van der Waals surface area contributed by atoms with Gasteiger partial charge in [-0.05, 0) is 71.7 Å². The molecule has 0 saturated heterocycles. The molecule has 9 aromatic carbocycles. The standard InChI is InChI=1S/C48H30O/c1-2-13-32(14-3-1)37-23-12-26-44-47(37)43-25-11-24-42(48(43)49-44)46-40-20-8-6-18-38(40)45(39-19-7-9-21-41(39)46)34-29-27-33(28-30-34)36-22-10-16-31-15-4-5-17-35(31)36/h1-30H/i1D,2D,3D,11D,12D,13D,23D,24D,25D,26D. The number of furan rings is 1. The van der Waals surface area contributed by atoms with Crippen molar-refractivity contribution in [3.63, 3.8) is 0 Å². The van der Waals surface area contributed by atoms with E-state index >= 15 is 0 Å². The zero-order chi connectivity index (χ0) is 41.0. The smallest absolute Gasteiger partial charge is 0.143 e. The highest BCUT2D eigenvalue weighted by Gasteiger charge is 2.21. The Bertz CT molecular complexity index is 3380. The summed E-state index contributed by atoms with van der Waals surface area (Å²) in [5.41, 5.74) is 4.52. The van der Waals surface area contributed by atoms with Crippen LogP contribution < -0.4 is 0 Å². The molecule has 10 rings (SSSR count). The maximum Gasteiger partial charge on any atom is 0.143 e. The lowest BCUT2D eigenvalue weighted by Crippen LogP contribution is -1.91. The summed E-state index contributed by atoms with van der Waals surface area (Å²) >= 11 is 0. The van der Waals surface area contributed by atoms with E-state index in [1.165, 1.54) is 6.07 Å². The van der Waals surface area contributed by atoms with Crippen LogP contribution in [-0.4, -0.2) is 0 Å². The molecule has 10 aromatic rings. The molecule has 0 radical (unpaired) electrons. The van der Waals surface area contributed by atoms with E-state index in [1.54, 1.807) is 0 Å². The second kappa shape index (κ2) is 11.1. The molecule has 1 heteroatoms. The van der Waals surface area contributed by atoms with Crippen molar-refractivity contribution >= 4 is 54.3 Å². The number of hydrogen-bond donors (Lipinski definition) is 0. The summed E-state index contributed by atoms with van der Waals surface area (Å²) in [6, 6.07) is 35.4. The van der Waals surface area contributed by atoms with E-state index < -0.39 is 48.3 Å². The predicted molar refractivity (Wildman–Crippen MR) is 208 cm³/mol. The molecule has 1 nitrogen and oxygen atoms in total. The van der Waals surface area contributed by atoms with Crippen molar-refractivity contribution in [3.8, 4) is 44.5 Å². The average Bonchev–Trinajstić information content (AvgIpc) is 3.65. The SMILES string of the molecule is [2H]c1cc(-c2c([2H])c([2H])c([2H])c3oc4c(-c5c6ccccc6c(-c6ccc(-c7cccc8ccccc78)cc6)c6ccccc56)c([2H])c([2H])c([2H])c4c23)c([2H])c([2H])c1[2H]. The van der Waals surface area contributed by atoms with Gasteiger partial charge in [-0.1, -0.05) is 176 Å². The molecule has 228 valence electrons. The Morgan fingerprint density at radius 3 is 1.78 bits per heavy atom. The van der Waals surface area contributed by atoms with Crippen LogP contribution in [0.5, 0.6) is 0 Å². The maximum absolute atomic E-state index is 9.44. The van der Waals surface area contributed by atoms with Gasteiger partial charge in [0.15, 0.2) is 0 Å². The van der Waals surface area contributed by atoms with Gasteiger partial charge >= 0.3 is 0 Å². The van der Waals surface area contributed by atoms with Crippen LogP contribution in [0.15, 0.2) is 186 Å². The van der Waals surface area contributed by atoms with Crippen molar-refractivity contribution in [1.29, 1.82) is 0 Å². The Morgan fingerprint density at radius 2 is 1.00 bits per heavy atom. The summed E-state index contributed by atoms with van der Waals surface area (Å²) in [7, 11) is 0. The van der Waals surface area contributed by atoms with Crippen molar-refractivity contribution in [2.24, 2.45) is 0 Å². The Hall–Kier alpha value is -6.44. The minimum absolute atomic E-state index is 0.00676. The van der Waals surface area contributed by atoms with Crippen molar-refractivity contribution in [3.05, 3.63) is 182 Å². The molecule has 0 amide bonds. The van der Waals surface area contributed by atoms with Crippen LogP contribution in [0.4, 0.5) is 0 Å². The third kappa shape index (κ3) is 4.33. The lowest BCUT2D eigenvalue weighted by Gasteiger charge is -2.18. The highest BCUT2D eigenvalue weighted by Crippen LogP contribution is 2.47. The molecule has 0 fully saturated rings. The molecule has 1 aromatic heterocycles. The highest BCUT2D eigenvalue weighted by molar-refractivity contribution is 6.25. The van der Waals surface area contributed by atoms with Crippen molar-refractivity contribution in [1.82, 2.24) is 0 Å². The van der Waals surface area contributed by atoms with E-state index in [0.29, 0.717) is 5.56 Å². The minimum Gasteiger partial charge on any atom is -0.455 e. The van der Waals surface area contributed by atoms with Crippen LogP contribution in [0.25, 0.3) is 98.8 Å². The van der Waals surface area contributed by atoms with Gasteiger partial charge in [0.25, 0.3) is 0 Å². The monoisotopic (exact) mass is 632 g/mol. The third-order valence-electron chi connectivity index (χ3n) is 9.40. The van der Waals surface area contributed by atoms with Crippen LogP contribution in [0.2, 0.25) is 0 Å². The van der Waals surface area contributed by atoms with Gasteiger partial charge in [-0.3, -0.25) is 0 Å². The van der Waals surface area contributed by atoms with E-state index in [9.17, 15) is 2.74 Å². The Labute approximate surface area is 298 Å². The molecule has 0 aliphatic rings. The number of hydrogen-bond acceptors (Lipinski definition) is 1. The first-order chi connectivity index (χ1) is 28.5. The maximum atomic E-state index is 9.44. The largest absolute Gasteiger partial charge is 0.455 e. The van der Waals surface area contributed by atoms with E-state index in [2.05, 4.69) is 54.6 Å². The molecule has 0 saturated carbocycles. The molecule has 0 spiro atoms. The second-order valence-corrected chi connectivity index (χ2v) is 12.0. The number of benzene rings is 9. The lowest BCUT2D eigenvalue weighted by atomic mass is 9.85. The van der Waals surface area contributed by atoms with Gasteiger partial charge in [0.05, 0.1) is 13.7 Å². The first kappa shape index (κ1) is 19.4. The van der Waals surface area contributed by atoms with E-state index in [-0.39, 0.29) is 50.7 Å². The van der Waals surface area contributed by atoms with Gasteiger partial charge in [0.1, 0.15) is 11.2 Å². The fourth-order valence-electron chi connectivity index (χ4n) is 7.27. The summed E-state index contributed by atoms with van der Waals surface area (Å²) in [6.45, 7) is 0. The molecule has 1 heterocycles. The summed E-state index contributed by atoms with van der Waals surface area (Å²) < 4.78 is 94.6. The lowest BCUT2D eigenvalue weighted by molar-refractivity contribution is 0.670. The molecule has 0 aliphatic heterocycles. The van der Waals surface area contributed by atoms with Crippen LogP contribution in [0.1, 0.15) is 13.7 Å². The van der Waals surface area contributed by atoms with Crippen LogP contribution >= 0.6 is 0 Å². The first-order valence-corrected chi connectivity index (χ1v) is 16.0. The summed E-state index contributed by atoms with van der Waals surface area (Å²) in [5, 5.41) is 5.58. The van der Waals surface area contributed by atoms with Gasteiger partial charge in [-0.2, -0.15) is 0 Å². The van der Waals surface area contributed by atoms with Gasteiger partial charge < -0.3 is 4.42 Å². The minimum atomic E-state index is -0.544. The van der Waals surface area contributed by atoms with E-state index in [0.717, 1.165) is 54.6 Å². The van der Waals surface area contributed by atoms with Crippen molar-refractivity contribution < 1.29 is 18.1 Å². The van der Waals surface area contributed by atoms with Gasteiger partial charge in [0, 0.05) is 21.9 Å². The van der Waals surface area contributed by atoms with Crippen LogP contribution in [0, 0.1) is 0 Å². The van der Waals surface area contributed by atoms with Crippen molar-refractivity contribution in [2.75, 3.05) is 0 Å². The van der Waals surface area contributed by atoms with Gasteiger partial charge in [0.2, 0.25) is 0 Å². The first-order valence-electron chi connectivity index (χ1n) is 21.0. The quantitative estimate of drug-likeness (QED) is 0.176. The van der Waals surface area contributed by atoms with Crippen molar-refractivity contribution in [2.45, 2.75) is 0 Å². The fourth-order valence-corrected chi connectivity index (χ4v) is 7.27. The molecule has 0 unspecified atom stereocenters. The number of rotatable bonds is 4. The zero-order valence-electron chi connectivity index (χ0n) is 36.0. The Morgan fingerprint density at radius 1 is 0.367 bits per heavy atom. The van der Waals surface area contributed by atoms with Crippen LogP contribution in [0.3, 0.4) is 0 Å². The predicted octanol–water partition coefficient (Wildman–Crippen LogP) is 13.7. The Balaban J connectivity index is 1.29. The molecule has 0 aliphatic carbocycles. The summed E-state index contributed by atoms with van der Waals surface area (Å²) in [4.78, 5) is 0. The number of fused-ring (bicyclic) bond motifs is 6. The molecule has 49 heavy (non-hydrogen) atoms. The number of para-hydroxylation sites is 1. The molecular weight excluding hydrogens is 593 g/mol. The molecule has 0 N–H and O–H groups in total. The molecule has 0 atom stereocenters. The topological polar surface area (TPSA) is 13.1 Å². The zero-order valence-corrected chi connectivity index (χ0v) is 26.0. The van der Waals surface area contributed by atoms with Gasteiger partial charge in [-0.15, -0.1) is 0 Å². The summed E-state index contributed by atoms with van der Waals surface area (Å²) in [5.74, 6) is 0. The van der Waals surface area contributed by atoms with E-state index in [1.807, 2.05) is 60.7 Å². The average molecular weight is 633 g/mol. The van der Waals surface area contributed by atoms with E-state index in [4.69, 9.17) is 15.4 Å². The normalized spacial score (nSPS) is 14.5. The second-order valence-electron chi connectivity index (χ2n) is 12.0. The Kier molecular flexibility index (Phi) is 4.39. The molecular formula is C48H30O.